The van der Waals surface area contributed by atoms with Crippen molar-refractivity contribution in [2.24, 2.45) is 0 Å². The summed E-state index contributed by atoms with van der Waals surface area (Å²) in [7, 11) is -3.70. The van der Waals surface area contributed by atoms with E-state index in [0.29, 0.717) is 13.0 Å². The predicted octanol–water partition coefficient (Wildman–Crippen LogP) is 3.09. The molecule has 134 valence electrons. The van der Waals surface area contributed by atoms with Crippen LogP contribution in [0.4, 0.5) is 0 Å². The first kappa shape index (κ1) is 18.9. The molecule has 1 aliphatic rings. The summed E-state index contributed by atoms with van der Waals surface area (Å²) in [6.45, 7) is 8.58. The third-order valence-electron chi connectivity index (χ3n) is 4.34. The monoisotopic (exact) mass is 353 g/mol. The van der Waals surface area contributed by atoms with Crippen molar-refractivity contribution in [3.63, 3.8) is 0 Å². The molecule has 1 heterocycles. The molecule has 1 saturated heterocycles. The number of ether oxygens (including phenoxy) is 1. The van der Waals surface area contributed by atoms with Crippen LogP contribution in [-0.2, 0) is 25.0 Å². The van der Waals surface area contributed by atoms with Crippen LogP contribution in [0.3, 0.4) is 0 Å². The minimum atomic E-state index is -3.70. The first-order chi connectivity index (χ1) is 11.2. The number of sulfonamides is 1. The van der Waals surface area contributed by atoms with E-state index in [2.05, 4.69) is 20.8 Å². The van der Waals surface area contributed by atoms with E-state index in [9.17, 15) is 13.2 Å². The van der Waals surface area contributed by atoms with Gasteiger partial charge in [-0.15, -0.1) is 0 Å². The summed E-state index contributed by atoms with van der Waals surface area (Å²) in [5, 5.41) is 0. The Kier molecular flexibility index (Phi) is 5.71. The number of hydrogen-bond donors (Lipinski definition) is 0. The molecule has 2 rings (SSSR count). The second-order valence-corrected chi connectivity index (χ2v) is 9.04. The summed E-state index contributed by atoms with van der Waals surface area (Å²) >= 11 is 0. The van der Waals surface area contributed by atoms with Crippen molar-refractivity contribution >= 4 is 16.0 Å². The molecule has 0 aromatic heterocycles. The maximum absolute atomic E-state index is 13.0. The average molecular weight is 353 g/mol. The van der Waals surface area contributed by atoms with Crippen LogP contribution in [-0.4, -0.2) is 37.9 Å². The maximum Gasteiger partial charge on any atom is 0.324 e. The summed E-state index contributed by atoms with van der Waals surface area (Å²) in [6.07, 6.45) is 2.10. The van der Waals surface area contributed by atoms with Gasteiger partial charge in [0.05, 0.1) is 11.5 Å². The molecule has 6 heteroatoms. The Morgan fingerprint density at radius 1 is 1.21 bits per heavy atom. The average Bonchev–Trinajstić information content (AvgIpc) is 2.54. The molecule has 0 aliphatic carbocycles. The quantitative estimate of drug-likeness (QED) is 0.780. The fourth-order valence-corrected chi connectivity index (χ4v) is 4.58. The molecule has 0 amide bonds. The van der Waals surface area contributed by atoms with E-state index in [1.165, 1.54) is 4.31 Å². The zero-order chi connectivity index (χ0) is 18.0. The first-order valence-corrected chi connectivity index (χ1v) is 9.91. The van der Waals surface area contributed by atoms with E-state index >= 15 is 0 Å². The number of carbonyl (C=O) groups excluding carboxylic acids is 1. The topological polar surface area (TPSA) is 63.7 Å². The van der Waals surface area contributed by atoms with E-state index in [1.807, 2.05) is 12.1 Å². The fraction of sp³-hybridized carbons (Fsp3) is 0.611. The minimum Gasteiger partial charge on any atom is -0.465 e. The standard InChI is InChI=1S/C18H27NO4S/c1-5-23-17(20)16-8-6-7-13-19(16)24(21,22)15-11-9-14(10-12-15)18(2,3)4/h9-12,16H,5-8,13H2,1-4H3/t16-/m1/s1. The summed E-state index contributed by atoms with van der Waals surface area (Å²) < 4.78 is 32.3. The van der Waals surface area contributed by atoms with E-state index < -0.39 is 22.0 Å². The van der Waals surface area contributed by atoms with Crippen molar-refractivity contribution in [2.45, 2.75) is 63.3 Å². The lowest BCUT2D eigenvalue weighted by Crippen LogP contribution is -2.48. The Morgan fingerprint density at radius 3 is 2.38 bits per heavy atom. The van der Waals surface area contributed by atoms with Gasteiger partial charge >= 0.3 is 5.97 Å². The third-order valence-corrected chi connectivity index (χ3v) is 6.26. The Labute approximate surface area is 145 Å². The third kappa shape index (κ3) is 3.98. The smallest absolute Gasteiger partial charge is 0.324 e. The minimum absolute atomic E-state index is 0.0408. The van der Waals surface area contributed by atoms with Gasteiger partial charge in [0.15, 0.2) is 0 Å². The van der Waals surface area contributed by atoms with E-state index in [4.69, 9.17) is 4.74 Å². The Hall–Kier alpha value is -1.40. The van der Waals surface area contributed by atoms with Crippen LogP contribution in [0.5, 0.6) is 0 Å². The lowest BCUT2D eigenvalue weighted by molar-refractivity contribution is -0.148. The van der Waals surface area contributed by atoms with Crippen LogP contribution in [0, 0.1) is 0 Å². The number of esters is 1. The van der Waals surface area contributed by atoms with Gasteiger partial charge in [-0.05, 0) is 49.3 Å². The fourth-order valence-electron chi connectivity index (χ4n) is 2.93. The van der Waals surface area contributed by atoms with Gasteiger partial charge in [-0.25, -0.2) is 8.42 Å². The SMILES string of the molecule is CCOC(=O)[C@H]1CCCCN1S(=O)(=O)c1ccc(C(C)(C)C)cc1. The Balaban J connectivity index is 2.31. The van der Waals surface area contributed by atoms with Gasteiger partial charge in [0.25, 0.3) is 0 Å². The van der Waals surface area contributed by atoms with Gasteiger partial charge in [0.2, 0.25) is 10.0 Å². The highest BCUT2D eigenvalue weighted by Crippen LogP contribution is 2.28. The van der Waals surface area contributed by atoms with E-state index in [1.54, 1.807) is 19.1 Å². The van der Waals surface area contributed by atoms with Crippen LogP contribution < -0.4 is 0 Å². The van der Waals surface area contributed by atoms with Crippen molar-refractivity contribution < 1.29 is 17.9 Å². The highest BCUT2D eigenvalue weighted by Gasteiger charge is 2.38. The van der Waals surface area contributed by atoms with Crippen LogP contribution in [0.1, 0.15) is 52.5 Å². The highest BCUT2D eigenvalue weighted by molar-refractivity contribution is 7.89. The second-order valence-electron chi connectivity index (χ2n) is 7.15. The summed E-state index contributed by atoms with van der Waals surface area (Å²) in [5.41, 5.74) is 1.03. The van der Waals surface area contributed by atoms with Crippen LogP contribution >= 0.6 is 0 Å². The first-order valence-electron chi connectivity index (χ1n) is 8.47. The summed E-state index contributed by atoms with van der Waals surface area (Å²) in [5.74, 6) is -0.452. The molecule has 1 aromatic carbocycles. The molecule has 0 radical (unpaired) electrons. The zero-order valence-electron chi connectivity index (χ0n) is 14.9. The molecule has 0 bridgehead atoms. The maximum atomic E-state index is 13.0. The molecule has 0 N–H and O–H groups in total. The van der Waals surface area contributed by atoms with Crippen molar-refractivity contribution in [1.82, 2.24) is 4.31 Å². The van der Waals surface area contributed by atoms with Gasteiger partial charge in [-0.2, -0.15) is 4.31 Å². The number of carbonyl (C=O) groups is 1. The van der Waals surface area contributed by atoms with E-state index in [-0.39, 0.29) is 16.9 Å². The van der Waals surface area contributed by atoms with Crippen molar-refractivity contribution in [3.8, 4) is 0 Å². The highest BCUT2D eigenvalue weighted by atomic mass is 32.2. The molecule has 5 nitrogen and oxygen atoms in total. The Morgan fingerprint density at radius 2 is 1.83 bits per heavy atom. The predicted molar refractivity (Wildman–Crippen MR) is 93.3 cm³/mol. The van der Waals surface area contributed by atoms with Crippen LogP contribution in [0.25, 0.3) is 0 Å². The molecule has 1 fully saturated rings. The molecular weight excluding hydrogens is 326 g/mol. The number of benzene rings is 1. The molecular formula is C18H27NO4S. The van der Waals surface area contributed by atoms with Gasteiger partial charge < -0.3 is 4.74 Å². The van der Waals surface area contributed by atoms with Gasteiger partial charge in [-0.3, -0.25) is 4.79 Å². The van der Waals surface area contributed by atoms with Crippen molar-refractivity contribution in [2.75, 3.05) is 13.2 Å². The molecule has 0 unspecified atom stereocenters. The molecule has 0 saturated carbocycles. The lowest BCUT2D eigenvalue weighted by Gasteiger charge is -2.33. The van der Waals surface area contributed by atoms with Gasteiger partial charge in [0.1, 0.15) is 6.04 Å². The Bertz CT molecular complexity index is 674. The van der Waals surface area contributed by atoms with Crippen molar-refractivity contribution in [1.29, 1.82) is 0 Å². The number of hydrogen-bond acceptors (Lipinski definition) is 4. The molecule has 1 aromatic rings. The van der Waals surface area contributed by atoms with Gasteiger partial charge in [-0.1, -0.05) is 32.9 Å². The van der Waals surface area contributed by atoms with E-state index in [0.717, 1.165) is 18.4 Å². The summed E-state index contributed by atoms with van der Waals surface area (Å²) in [4.78, 5) is 12.4. The molecule has 0 spiro atoms. The summed E-state index contributed by atoms with van der Waals surface area (Å²) in [6, 6.07) is 6.23. The largest absolute Gasteiger partial charge is 0.465 e. The zero-order valence-corrected chi connectivity index (χ0v) is 15.7. The molecule has 1 atom stereocenters. The van der Waals surface area contributed by atoms with Crippen molar-refractivity contribution in [3.05, 3.63) is 29.8 Å². The number of nitrogens with zero attached hydrogens (tertiary/aromatic N) is 1. The number of rotatable bonds is 4. The molecule has 1 aliphatic heterocycles. The van der Waals surface area contributed by atoms with Gasteiger partial charge in [0, 0.05) is 6.54 Å². The number of piperidine rings is 1. The second kappa shape index (κ2) is 7.23. The molecule has 24 heavy (non-hydrogen) atoms. The lowest BCUT2D eigenvalue weighted by atomic mass is 9.87. The van der Waals surface area contributed by atoms with Crippen LogP contribution in [0.2, 0.25) is 0 Å². The normalized spacial score (nSPS) is 19.9. The van der Waals surface area contributed by atoms with Crippen LogP contribution in [0.15, 0.2) is 29.2 Å².